The molecule has 0 fully saturated rings. The average Bonchev–Trinajstić information content (AvgIpc) is 3.34. The zero-order valence-electron chi connectivity index (χ0n) is 18.0. The van der Waals surface area contributed by atoms with Crippen LogP contribution < -0.4 is 0 Å². The Kier molecular flexibility index (Phi) is 3.67. The van der Waals surface area contributed by atoms with Crippen molar-refractivity contribution >= 4 is 53.7 Å². The molecule has 160 valence electrons. The number of nitrogens with zero attached hydrogens (tertiary/aromatic N) is 1. The molecule has 0 atom stereocenters. The molecule has 0 saturated carbocycles. The predicted molar refractivity (Wildman–Crippen MR) is 147 cm³/mol. The lowest BCUT2D eigenvalue weighted by Crippen LogP contribution is -2.33. The van der Waals surface area contributed by atoms with E-state index in [9.17, 15) is 0 Å². The highest BCUT2D eigenvalue weighted by molar-refractivity contribution is 9.10. The van der Waals surface area contributed by atoms with Gasteiger partial charge in [0.2, 0.25) is 0 Å². The maximum absolute atomic E-state index is 3.89. The number of hydrogen-bond acceptors (Lipinski definition) is 0. The van der Waals surface area contributed by atoms with Gasteiger partial charge < -0.3 is 4.57 Å². The van der Waals surface area contributed by atoms with Gasteiger partial charge in [-0.1, -0.05) is 98.6 Å². The number of fused-ring (bicyclic) bond motifs is 12. The van der Waals surface area contributed by atoms with Crippen LogP contribution in [0.5, 0.6) is 0 Å². The van der Waals surface area contributed by atoms with Crippen molar-refractivity contribution in [1.29, 1.82) is 0 Å². The van der Waals surface area contributed by atoms with Crippen LogP contribution in [-0.4, -0.2) is 4.57 Å². The van der Waals surface area contributed by atoms with Crippen molar-refractivity contribution in [3.05, 3.63) is 134 Å². The molecule has 5 aromatic carbocycles. The highest BCUT2D eigenvalue weighted by atomic mass is 79.9. The van der Waals surface area contributed by atoms with Gasteiger partial charge in [0.15, 0.2) is 0 Å². The third-order valence-corrected chi connectivity index (χ3v) is 8.64. The lowest BCUT2D eigenvalue weighted by molar-refractivity contribution is 0.748. The first-order valence-corrected chi connectivity index (χ1v) is 13.0. The zero-order chi connectivity index (χ0) is 22.6. The summed E-state index contributed by atoms with van der Waals surface area (Å²) in [6.45, 7) is 0. The van der Waals surface area contributed by atoms with Gasteiger partial charge in [0.1, 0.15) is 0 Å². The summed E-state index contributed by atoms with van der Waals surface area (Å²) in [6.07, 6.45) is 0. The maximum atomic E-state index is 3.89. The molecule has 1 aliphatic heterocycles. The van der Waals surface area contributed by atoms with Crippen molar-refractivity contribution in [2.75, 3.05) is 0 Å². The van der Waals surface area contributed by atoms with E-state index >= 15 is 0 Å². The lowest BCUT2D eigenvalue weighted by atomic mass is 9.65. The Bertz CT molecular complexity index is 1800. The Morgan fingerprint density at radius 3 is 1.88 bits per heavy atom. The van der Waals surface area contributed by atoms with Crippen molar-refractivity contribution in [1.82, 2.24) is 4.57 Å². The molecule has 6 aromatic rings. The van der Waals surface area contributed by atoms with Crippen LogP contribution in [0.2, 0.25) is 0 Å². The normalized spacial score (nSPS) is 14.4. The molecule has 0 N–H and O–H groups in total. The van der Waals surface area contributed by atoms with Crippen LogP contribution in [0.1, 0.15) is 22.3 Å². The third kappa shape index (κ3) is 2.12. The summed E-state index contributed by atoms with van der Waals surface area (Å²) in [4.78, 5) is 0. The summed E-state index contributed by atoms with van der Waals surface area (Å²) >= 11 is 7.61. The maximum Gasteiger partial charge on any atom is 0.0754 e. The zero-order valence-corrected chi connectivity index (χ0v) is 21.2. The fraction of sp³-hybridized carbons (Fsp3) is 0.0323. The van der Waals surface area contributed by atoms with Gasteiger partial charge in [-0.25, -0.2) is 0 Å². The molecule has 0 amide bonds. The Morgan fingerprint density at radius 1 is 0.529 bits per heavy atom. The first-order chi connectivity index (χ1) is 16.7. The monoisotopic (exact) mass is 561 g/mol. The van der Waals surface area contributed by atoms with Crippen molar-refractivity contribution < 1.29 is 0 Å². The van der Waals surface area contributed by atoms with E-state index in [4.69, 9.17) is 0 Å². The van der Waals surface area contributed by atoms with Crippen LogP contribution in [-0.2, 0) is 5.41 Å². The van der Waals surface area contributed by atoms with Gasteiger partial charge in [0.05, 0.1) is 22.1 Å². The van der Waals surface area contributed by atoms with Gasteiger partial charge in [-0.2, -0.15) is 0 Å². The number of aromatic nitrogens is 1. The Balaban J connectivity index is 1.71. The minimum absolute atomic E-state index is 0.368. The number of hydrogen-bond donors (Lipinski definition) is 0. The van der Waals surface area contributed by atoms with Crippen LogP contribution in [0.4, 0.5) is 0 Å². The smallest absolute Gasteiger partial charge is 0.0754 e. The Morgan fingerprint density at radius 2 is 1.15 bits per heavy atom. The second-order valence-electron chi connectivity index (χ2n) is 9.20. The Labute approximate surface area is 213 Å². The average molecular weight is 563 g/mol. The molecule has 34 heavy (non-hydrogen) atoms. The molecule has 3 heteroatoms. The number of para-hydroxylation sites is 1. The van der Waals surface area contributed by atoms with Crippen molar-refractivity contribution in [2.45, 2.75) is 5.41 Å². The van der Waals surface area contributed by atoms with Crippen molar-refractivity contribution in [3.8, 4) is 16.8 Å². The van der Waals surface area contributed by atoms with Gasteiger partial charge in [-0.05, 0) is 69.8 Å². The molecule has 2 aliphatic rings. The SMILES string of the molecule is Brc1ccc2c(c1)c1cc(Br)cc3c1n2-c1ccccc1C31c2ccccc2-c2ccccc21. The number of rotatable bonds is 0. The summed E-state index contributed by atoms with van der Waals surface area (Å²) in [5.74, 6) is 0. The van der Waals surface area contributed by atoms with Crippen LogP contribution >= 0.6 is 31.9 Å². The minimum atomic E-state index is -0.368. The van der Waals surface area contributed by atoms with Gasteiger partial charge in [-0.3, -0.25) is 0 Å². The van der Waals surface area contributed by atoms with Gasteiger partial charge in [-0.15, -0.1) is 0 Å². The predicted octanol–water partition coefficient (Wildman–Crippen LogP) is 8.99. The molecular weight excluding hydrogens is 546 g/mol. The summed E-state index contributed by atoms with van der Waals surface area (Å²) in [5.41, 5.74) is 11.5. The standard InChI is InChI=1S/C31H17Br2N/c32-18-13-14-28-22(15-18)23-16-19(33)17-27-30(23)34(28)29-12-6-5-11-26(29)31(27)24-9-3-1-7-20(24)21-8-2-4-10-25(21)31/h1-17H. The molecule has 2 heterocycles. The molecule has 1 nitrogen and oxygen atoms in total. The van der Waals surface area contributed by atoms with E-state index in [1.54, 1.807) is 0 Å². The highest BCUT2D eigenvalue weighted by Crippen LogP contribution is 2.61. The Hall–Kier alpha value is -3.14. The first kappa shape index (κ1) is 19.2. The topological polar surface area (TPSA) is 4.93 Å². The summed E-state index contributed by atoms with van der Waals surface area (Å²) < 4.78 is 4.68. The molecule has 1 aromatic heterocycles. The molecule has 0 unspecified atom stereocenters. The van der Waals surface area contributed by atoms with Crippen LogP contribution in [0.15, 0.2) is 112 Å². The van der Waals surface area contributed by atoms with E-state index in [0.717, 1.165) is 8.95 Å². The third-order valence-electron chi connectivity index (χ3n) is 7.69. The first-order valence-electron chi connectivity index (χ1n) is 11.4. The minimum Gasteiger partial charge on any atom is -0.309 e. The van der Waals surface area contributed by atoms with E-state index in [-0.39, 0.29) is 5.41 Å². The molecule has 0 radical (unpaired) electrons. The largest absolute Gasteiger partial charge is 0.309 e. The van der Waals surface area contributed by atoms with E-state index < -0.39 is 0 Å². The number of halogens is 2. The highest BCUT2D eigenvalue weighted by Gasteiger charge is 2.50. The second kappa shape index (κ2) is 6.50. The van der Waals surface area contributed by atoms with E-state index in [1.807, 2.05) is 0 Å². The van der Waals surface area contributed by atoms with E-state index in [1.165, 1.54) is 60.9 Å². The van der Waals surface area contributed by atoms with Gasteiger partial charge in [0.25, 0.3) is 0 Å². The number of benzene rings is 5. The van der Waals surface area contributed by atoms with Crippen LogP contribution in [0, 0.1) is 0 Å². The van der Waals surface area contributed by atoms with Crippen LogP contribution in [0.3, 0.4) is 0 Å². The molecule has 0 saturated heterocycles. The van der Waals surface area contributed by atoms with Gasteiger partial charge in [0, 0.05) is 19.7 Å². The van der Waals surface area contributed by atoms with E-state index in [0.29, 0.717) is 0 Å². The summed E-state index contributed by atoms with van der Waals surface area (Å²) in [6, 6.07) is 38.1. The fourth-order valence-electron chi connectivity index (χ4n) is 6.57. The van der Waals surface area contributed by atoms with Crippen molar-refractivity contribution in [3.63, 3.8) is 0 Å². The van der Waals surface area contributed by atoms with E-state index in [2.05, 4.69) is 140 Å². The summed E-state index contributed by atoms with van der Waals surface area (Å²) in [5, 5.41) is 2.54. The quantitative estimate of drug-likeness (QED) is 0.174. The fourth-order valence-corrected chi connectivity index (χ4v) is 7.39. The molecule has 1 aliphatic carbocycles. The summed E-state index contributed by atoms with van der Waals surface area (Å²) in [7, 11) is 0. The lowest BCUT2D eigenvalue weighted by Gasteiger charge is -2.39. The van der Waals surface area contributed by atoms with Crippen LogP contribution in [0.25, 0.3) is 38.6 Å². The molecule has 1 spiro atoms. The molecular formula is C31H17Br2N. The molecule has 0 bridgehead atoms. The molecule has 8 rings (SSSR count). The van der Waals surface area contributed by atoms with Crippen molar-refractivity contribution in [2.24, 2.45) is 0 Å². The van der Waals surface area contributed by atoms with Gasteiger partial charge >= 0.3 is 0 Å². The second-order valence-corrected chi connectivity index (χ2v) is 11.0.